The van der Waals surface area contributed by atoms with Crippen LogP contribution in [0.5, 0.6) is 5.75 Å². The molecule has 2 N–H and O–H groups in total. The van der Waals surface area contributed by atoms with E-state index < -0.39 is 0 Å². The number of nitrogens with one attached hydrogen (secondary N) is 1. The summed E-state index contributed by atoms with van der Waals surface area (Å²) < 4.78 is 0.800. The van der Waals surface area contributed by atoms with Crippen LogP contribution in [0.2, 0.25) is 4.34 Å². The molecule has 2 aromatic rings. The molecule has 0 saturated carbocycles. The van der Waals surface area contributed by atoms with Gasteiger partial charge in [-0.3, -0.25) is 0 Å². The van der Waals surface area contributed by atoms with Crippen LogP contribution in [-0.4, -0.2) is 19.2 Å². The lowest BCUT2D eigenvalue weighted by Crippen LogP contribution is -2.16. The highest BCUT2D eigenvalue weighted by molar-refractivity contribution is 7.16. The van der Waals surface area contributed by atoms with Crippen molar-refractivity contribution in [2.24, 2.45) is 0 Å². The third-order valence-electron chi connectivity index (χ3n) is 3.38. The summed E-state index contributed by atoms with van der Waals surface area (Å²) in [6.45, 7) is 2.80. The van der Waals surface area contributed by atoms with Gasteiger partial charge in [0.2, 0.25) is 0 Å². The van der Waals surface area contributed by atoms with Crippen molar-refractivity contribution in [1.82, 2.24) is 5.32 Å². The van der Waals surface area contributed by atoms with Gasteiger partial charge in [-0.25, -0.2) is 0 Å². The van der Waals surface area contributed by atoms with Crippen molar-refractivity contribution >= 4 is 28.6 Å². The maximum atomic E-state index is 10.1. The van der Waals surface area contributed by atoms with Gasteiger partial charge in [0.15, 0.2) is 0 Å². The van der Waals surface area contributed by atoms with Crippen molar-refractivity contribution < 1.29 is 5.11 Å². The highest BCUT2D eigenvalue weighted by atomic mass is 35.5. The molecule has 3 nitrogen and oxygen atoms in total. The van der Waals surface area contributed by atoms with E-state index in [4.69, 9.17) is 11.6 Å². The predicted molar refractivity (Wildman–Crippen MR) is 87.0 cm³/mol. The number of thiophene rings is 1. The number of hydrogen-bond donors (Lipinski definition) is 2. The van der Waals surface area contributed by atoms with E-state index in [0.717, 1.165) is 22.1 Å². The largest absolute Gasteiger partial charge is 0.508 e. The average molecular weight is 311 g/mol. The molecule has 108 valence electrons. The number of phenolic OH excluding ortho intramolecular Hbond substituents is 1. The third kappa shape index (κ3) is 3.45. The molecule has 1 heterocycles. The molecule has 1 aromatic heterocycles. The summed E-state index contributed by atoms with van der Waals surface area (Å²) in [4.78, 5) is 3.29. The molecule has 5 heteroatoms. The number of nitrogens with zero attached hydrogens (tertiary/aromatic N) is 1. The van der Waals surface area contributed by atoms with Crippen molar-refractivity contribution in [3.05, 3.63) is 45.1 Å². The van der Waals surface area contributed by atoms with Crippen molar-refractivity contribution in [2.75, 3.05) is 19.0 Å². The standard InChI is InChI=1S/C15H19ClN2OS/c1-10(17-2)13-6-4-11(8-14(13)19)18(3)9-12-5-7-15(16)20-12/h4-8,10,17,19H,9H2,1-3H3. The second kappa shape index (κ2) is 6.48. The molecule has 0 aliphatic carbocycles. The van der Waals surface area contributed by atoms with Crippen molar-refractivity contribution in [3.8, 4) is 5.75 Å². The Morgan fingerprint density at radius 2 is 2.10 bits per heavy atom. The van der Waals surface area contributed by atoms with Gasteiger partial charge < -0.3 is 15.3 Å². The van der Waals surface area contributed by atoms with Crippen molar-refractivity contribution in [2.45, 2.75) is 19.5 Å². The van der Waals surface area contributed by atoms with Crippen LogP contribution in [0.25, 0.3) is 0 Å². The molecule has 20 heavy (non-hydrogen) atoms. The van der Waals surface area contributed by atoms with Gasteiger partial charge in [-0.1, -0.05) is 17.7 Å². The molecule has 0 radical (unpaired) electrons. The molecule has 0 fully saturated rings. The Hall–Kier alpha value is -1.23. The Labute approximate surface area is 128 Å². The molecule has 0 aliphatic rings. The quantitative estimate of drug-likeness (QED) is 0.875. The minimum atomic E-state index is 0.130. The first-order valence-electron chi connectivity index (χ1n) is 6.46. The van der Waals surface area contributed by atoms with Gasteiger partial charge in [0.05, 0.1) is 10.9 Å². The van der Waals surface area contributed by atoms with E-state index in [9.17, 15) is 5.11 Å². The first kappa shape index (κ1) is 15.2. The Morgan fingerprint density at radius 1 is 1.35 bits per heavy atom. The highest BCUT2D eigenvalue weighted by Crippen LogP contribution is 2.30. The maximum absolute atomic E-state index is 10.1. The molecular weight excluding hydrogens is 292 g/mol. The summed E-state index contributed by atoms with van der Waals surface area (Å²) in [6.07, 6.45) is 0. The second-order valence-electron chi connectivity index (χ2n) is 4.82. The number of hydrogen-bond acceptors (Lipinski definition) is 4. The van der Waals surface area contributed by atoms with Crippen LogP contribution in [0.1, 0.15) is 23.4 Å². The number of rotatable bonds is 5. The van der Waals surface area contributed by atoms with Gasteiger partial charge >= 0.3 is 0 Å². The Balaban J connectivity index is 2.14. The number of phenols is 1. The van der Waals surface area contributed by atoms with E-state index in [1.807, 2.05) is 45.3 Å². The van der Waals surface area contributed by atoms with Crippen molar-refractivity contribution in [3.63, 3.8) is 0 Å². The normalized spacial score (nSPS) is 12.4. The van der Waals surface area contributed by atoms with Crippen LogP contribution < -0.4 is 10.2 Å². The van der Waals surface area contributed by atoms with E-state index in [0.29, 0.717) is 5.75 Å². The SMILES string of the molecule is CNC(C)c1ccc(N(C)Cc2ccc(Cl)s2)cc1O. The van der Waals surface area contributed by atoms with E-state index in [-0.39, 0.29) is 6.04 Å². The Bertz CT molecular complexity index is 585. The first-order valence-corrected chi connectivity index (χ1v) is 7.66. The van der Waals surface area contributed by atoms with Crippen LogP contribution in [0, 0.1) is 0 Å². The zero-order valence-corrected chi connectivity index (χ0v) is 13.4. The minimum absolute atomic E-state index is 0.130. The lowest BCUT2D eigenvalue weighted by atomic mass is 10.1. The summed E-state index contributed by atoms with van der Waals surface area (Å²) in [5.74, 6) is 0.320. The van der Waals surface area contributed by atoms with E-state index in [1.54, 1.807) is 17.4 Å². The summed E-state index contributed by atoms with van der Waals surface area (Å²) in [5, 5.41) is 13.3. The molecule has 1 atom stereocenters. The van der Waals surface area contributed by atoms with Crippen LogP contribution in [0.15, 0.2) is 30.3 Å². The average Bonchev–Trinajstić information content (AvgIpc) is 2.83. The van der Waals surface area contributed by atoms with E-state index in [2.05, 4.69) is 10.2 Å². The number of benzene rings is 1. The molecule has 0 amide bonds. The van der Waals surface area contributed by atoms with E-state index >= 15 is 0 Å². The first-order chi connectivity index (χ1) is 9.51. The summed E-state index contributed by atoms with van der Waals surface area (Å²) in [6, 6.07) is 9.86. The zero-order valence-electron chi connectivity index (χ0n) is 11.9. The second-order valence-corrected chi connectivity index (χ2v) is 6.61. The van der Waals surface area contributed by atoms with Gasteiger partial charge in [-0.15, -0.1) is 11.3 Å². The van der Waals surface area contributed by atoms with E-state index in [1.165, 1.54) is 4.88 Å². The molecule has 0 spiro atoms. The minimum Gasteiger partial charge on any atom is -0.508 e. The lowest BCUT2D eigenvalue weighted by molar-refractivity contribution is 0.458. The maximum Gasteiger partial charge on any atom is 0.122 e. The van der Waals surface area contributed by atoms with Crippen LogP contribution in [0.3, 0.4) is 0 Å². The fourth-order valence-corrected chi connectivity index (χ4v) is 3.19. The molecular formula is C15H19ClN2OS. The molecule has 1 unspecified atom stereocenters. The van der Waals surface area contributed by atoms with Gasteiger partial charge in [-0.05, 0) is 32.2 Å². The monoisotopic (exact) mass is 310 g/mol. The summed E-state index contributed by atoms with van der Waals surface area (Å²) in [5.41, 5.74) is 1.89. The number of anilines is 1. The predicted octanol–water partition coefficient (Wildman–Crippen LogP) is 4.02. The molecule has 2 rings (SSSR count). The fourth-order valence-electron chi connectivity index (χ4n) is 2.05. The summed E-state index contributed by atoms with van der Waals surface area (Å²) in [7, 11) is 3.88. The molecule has 0 saturated heterocycles. The van der Waals surface area contributed by atoms with Crippen LogP contribution in [0.4, 0.5) is 5.69 Å². The van der Waals surface area contributed by atoms with Gasteiger partial charge in [0.1, 0.15) is 5.75 Å². The van der Waals surface area contributed by atoms with Crippen LogP contribution >= 0.6 is 22.9 Å². The van der Waals surface area contributed by atoms with Crippen LogP contribution in [-0.2, 0) is 6.54 Å². The number of halogens is 1. The Morgan fingerprint density at radius 3 is 2.65 bits per heavy atom. The topological polar surface area (TPSA) is 35.5 Å². The fraction of sp³-hybridized carbons (Fsp3) is 0.333. The molecule has 0 aliphatic heterocycles. The zero-order chi connectivity index (χ0) is 14.7. The smallest absolute Gasteiger partial charge is 0.122 e. The molecule has 0 bridgehead atoms. The highest BCUT2D eigenvalue weighted by Gasteiger charge is 2.11. The van der Waals surface area contributed by atoms with Gasteiger partial charge in [-0.2, -0.15) is 0 Å². The van der Waals surface area contributed by atoms with Gasteiger partial charge in [0, 0.05) is 35.3 Å². The molecule has 1 aromatic carbocycles. The van der Waals surface area contributed by atoms with Crippen molar-refractivity contribution in [1.29, 1.82) is 0 Å². The van der Waals surface area contributed by atoms with Gasteiger partial charge in [0.25, 0.3) is 0 Å². The third-order valence-corrected chi connectivity index (χ3v) is 4.59. The lowest BCUT2D eigenvalue weighted by Gasteiger charge is -2.20. The summed E-state index contributed by atoms with van der Waals surface area (Å²) >= 11 is 7.52. The Kier molecular flexibility index (Phi) is 4.91. The number of aromatic hydroxyl groups is 1.